The van der Waals surface area contributed by atoms with Crippen LogP contribution < -0.4 is 0 Å². The SMILES string of the molecule is C1=NCc2ccccc2N=C1c1cccs1. The van der Waals surface area contributed by atoms with Gasteiger partial charge in [0.05, 0.1) is 22.8 Å². The van der Waals surface area contributed by atoms with Gasteiger partial charge in [-0.1, -0.05) is 24.3 Å². The summed E-state index contributed by atoms with van der Waals surface area (Å²) < 4.78 is 0. The smallest absolute Gasteiger partial charge is 0.0987 e. The zero-order chi connectivity index (χ0) is 10.8. The van der Waals surface area contributed by atoms with Crippen LogP contribution in [0, 0.1) is 0 Å². The molecule has 0 N–H and O–H groups in total. The average molecular weight is 226 g/mol. The molecule has 0 atom stereocenters. The van der Waals surface area contributed by atoms with Gasteiger partial charge in [-0.3, -0.25) is 4.99 Å². The lowest BCUT2D eigenvalue weighted by Gasteiger charge is -1.99. The van der Waals surface area contributed by atoms with Crippen molar-refractivity contribution in [3.05, 3.63) is 52.2 Å². The predicted octanol–water partition coefficient (Wildman–Crippen LogP) is 3.45. The summed E-state index contributed by atoms with van der Waals surface area (Å²) in [5.74, 6) is 0. The van der Waals surface area contributed by atoms with Crippen LogP contribution >= 0.6 is 11.3 Å². The van der Waals surface area contributed by atoms with E-state index in [2.05, 4.69) is 27.5 Å². The van der Waals surface area contributed by atoms with E-state index in [9.17, 15) is 0 Å². The second-order valence-corrected chi connectivity index (χ2v) is 4.52. The summed E-state index contributed by atoms with van der Waals surface area (Å²) >= 11 is 1.69. The van der Waals surface area contributed by atoms with Crippen LogP contribution in [0.3, 0.4) is 0 Å². The molecule has 16 heavy (non-hydrogen) atoms. The molecule has 0 saturated heterocycles. The molecular formula is C13H10N2S. The Bertz CT molecular complexity index is 553. The van der Waals surface area contributed by atoms with Gasteiger partial charge >= 0.3 is 0 Å². The van der Waals surface area contributed by atoms with Gasteiger partial charge in [0, 0.05) is 6.21 Å². The molecule has 0 saturated carbocycles. The van der Waals surface area contributed by atoms with Gasteiger partial charge in [-0.2, -0.15) is 0 Å². The maximum atomic E-state index is 4.66. The predicted molar refractivity (Wildman–Crippen MR) is 69.2 cm³/mol. The van der Waals surface area contributed by atoms with Crippen LogP contribution in [0.25, 0.3) is 0 Å². The first-order valence-corrected chi connectivity index (χ1v) is 6.02. The van der Waals surface area contributed by atoms with Gasteiger partial charge < -0.3 is 0 Å². The van der Waals surface area contributed by atoms with E-state index in [4.69, 9.17) is 0 Å². The van der Waals surface area contributed by atoms with Gasteiger partial charge in [0.2, 0.25) is 0 Å². The normalized spacial score (nSPS) is 14.1. The summed E-state index contributed by atoms with van der Waals surface area (Å²) in [6, 6.07) is 12.3. The van der Waals surface area contributed by atoms with Crippen molar-refractivity contribution >= 4 is 29.0 Å². The number of aliphatic imine (C=N–C) groups is 2. The molecule has 0 unspecified atom stereocenters. The van der Waals surface area contributed by atoms with E-state index in [1.807, 2.05) is 30.5 Å². The summed E-state index contributed by atoms with van der Waals surface area (Å²) in [7, 11) is 0. The number of benzene rings is 1. The molecule has 0 radical (unpaired) electrons. The quantitative estimate of drug-likeness (QED) is 0.711. The minimum absolute atomic E-state index is 0.717. The van der Waals surface area contributed by atoms with Crippen LogP contribution in [0.4, 0.5) is 5.69 Å². The van der Waals surface area contributed by atoms with Crippen LogP contribution in [0.5, 0.6) is 0 Å². The monoisotopic (exact) mass is 226 g/mol. The Morgan fingerprint density at radius 1 is 1.06 bits per heavy atom. The van der Waals surface area contributed by atoms with Gasteiger partial charge in [0.25, 0.3) is 0 Å². The highest BCUT2D eigenvalue weighted by Crippen LogP contribution is 2.23. The fourth-order valence-corrected chi connectivity index (χ4v) is 2.37. The third-order valence-corrected chi connectivity index (χ3v) is 3.37. The van der Waals surface area contributed by atoms with E-state index in [0.717, 1.165) is 11.4 Å². The number of fused-ring (bicyclic) bond motifs is 1. The van der Waals surface area contributed by atoms with Gasteiger partial charge in [0.15, 0.2) is 0 Å². The average Bonchev–Trinajstić information content (AvgIpc) is 2.75. The summed E-state index contributed by atoms with van der Waals surface area (Å²) in [5, 5.41) is 2.06. The molecule has 1 aliphatic rings. The van der Waals surface area contributed by atoms with Crippen LogP contribution in [0.1, 0.15) is 10.4 Å². The maximum Gasteiger partial charge on any atom is 0.0987 e. The molecule has 0 amide bonds. The number of hydrogen-bond acceptors (Lipinski definition) is 3. The lowest BCUT2D eigenvalue weighted by atomic mass is 10.2. The minimum atomic E-state index is 0.717. The molecule has 3 rings (SSSR count). The maximum absolute atomic E-state index is 4.66. The van der Waals surface area contributed by atoms with Gasteiger partial charge in [-0.15, -0.1) is 11.3 Å². The third kappa shape index (κ3) is 1.70. The van der Waals surface area contributed by atoms with E-state index in [1.54, 1.807) is 11.3 Å². The molecule has 3 heteroatoms. The minimum Gasteiger partial charge on any atom is -0.286 e. The fraction of sp³-hybridized carbons (Fsp3) is 0.0769. The van der Waals surface area contributed by atoms with E-state index in [-0.39, 0.29) is 0 Å². The highest BCUT2D eigenvalue weighted by Gasteiger charge is 2.08. The number of rotatable bonds is 1. The third-order valence-electron chi connectivity index (χ3n) is 2.48. The highest BCUT2D eigenvalue weighted by atomic mass is 32.1. The summed E-state index contributed by atoms with van der Waals surface area (Å²) in [5.41, 5.74) is 3.17. The summed E-state index contributed by atoms with van der Waals surface area (Å²) in [6.07, 6.45) is 1.87. The van der Waals surface area contributed by atoms with Gasteiger partial charge in [-0.25, -0.2) is 4.99 Å². The van der Waals surface area contributed by atoms with Crippen LogP contribution in [-0.4, -0.2) is 11.9 Å². The first kappa shape index (κ1) is 9.48. The molecule has 0 fully saturated rings. The van der Waals surface area contributed by atoms with E-state index in [0.29, 0.717) is 6.54 Å². The Hall–Kier alpha value is -1.74. The molecule has 78 valence electrons. The van der Waals surface area contributed by atoms with Crippen molar-refractivity contribution < 1.29 is 0 Å². The largest absolute Gasteiger partial charge is 0.286 e. The van der Waals surface area contributed by atoms with Crippen molar-refractivity contribution in [3.8, 4) is 0 Å². The highest BCUT2D eigenvalue weighted by molar-refractivity contribution is 7.12. The zero-order valence-electron chi connectivity index (χ0n) is 8.63. The van der Waals surface area contributed by atoms with E-state index in [1.165, 1.54) is 10.4 Å². The second kappa shape index (κ2) is 4.02. The summed E-state index contributed by atoms with van der Waals surface area (Å²) in [6.45, 7) is 0.717. The Morgan fingerprint density at radius 3 is 2.88 bits per heavy atom. The van der Waals surface area contributed by atoms with Gasteiger partial charge in [-0.05, 0) is 23.1 Å². The van der Waals surface area contributed by atoms with Crippen molar-refractivity contribution in [2.45, 2.75) is 6.54 Å². The van der Waals surface area contributed by atoms with Crippen LogP contribution in [0.2, 0.25) is 0 Å². The first-order valence-electron chi connectivity index (χ1n) is 5.14. The Labute approximate surface area is 98.0 Å². The number of para-hydroxylation sites is 1. The summed E-state index contributed by atoms with van der Waals surface area (Å²) in [4.78, 5) is 10.2. The molecule has 2 aromatic rings. The molecule has 2 heterocycles. The van der Waals surface area contributed by atoms with Gasteiger partial charge in [0.1, 0.15) is 0 Å². The number of hydrogen-bond donors (Lipinski definition) is 0. The molecular weight excluding hydrogens is 216 g/mol. The lowest BCUT2D eigenvalue weighted by Crippen LogP contribution is -1.97. The van der Waals surface area contributed by atoms with Crippen molar-refractivity contribution in [1.82, 2.24) is 0 Å². The van der Waals surface area contributed by atoms with Crippen LogP contribution in [-0.2, 0) is 6.54 Å². The van der Waals surface area contributed by atoms with Crippen molar-refractivity contribution in [1.29, 1.82) is 0 Å². The van der Waals surface area contributed by atoms with Crippen molar-refractivity contribution in [2.75, 3.05) is 0 Å². The zero-order valence-corrected chi connectivity index (χ0v) is 9.45. The standard InChI is InChI=1S/C13H10N2S/c1-2-5-11-10(4-1)8-14-9-12(15-11)13-6-3-7-16-13/h1-7,9H,8H2. The second-order valence-electron chi connectivity index (χ2n) is 3.57. The molecule has 0 aliphatic carbocycles. The van der Waals surface area contributed by atoms with E-state index >= 15 is 0 Å². The Balaban J connectivity index is 2.12. The van der Waals surface area contributed by atoms with Crippen molar-refractivity contribution in [2.24, 2.45) is 9.98 Å². The van der Waals surface area contributed by atoms with Crippen LogP contribution in [0.15, 0.2) is 51.8 Å². The number of nitrogens with zero attached hydrogens (tertiary/aromatic N) is 2. The molecule has 0 spiro atoms. The molecule has 1 aliphatic heterocycles. The first-order chi connectivity index (χ1) is 7.93. The molecule has 0 bridgehead atoms. The molecule has 1 aromatic carbocycles. The molecule has 2 nitrogen and oxygen atoms in total. The van der Waals surface area contributed by atoms with E-state index < -0.39 is 0 Å². The Morgan fingerprint density at radius 2 is 2.00 bits per heavy atom. The Kier molecular flexibility index (Phi) is 2.38. The van der Waals surface area contributed by atoms with Crippen molar-refractivity contribution in [3.63, 3.8) is 0 Å². The fourth-order valence-electron chi connectivity index (χ4n) is 1.69. The topological polar surface area (TPSA) is 24.7 Å². The lowest BCUT2D eigenvalue weighted by molar-refractivity contribution is 1.08. The number of thiophene rings is 1. The molecule has 1 aromatic heterocycles.